The van der Waals surface area contributed by atoms with Gasteiger partial charge in [-0.15, -0.1) is 0 Å². The molecule has 1 saturated heterocycles. The van der Waals surface area contributed by atoms with E-state index >= 15 is 0 Å². The molecule has 0 spiro atoms. The minimum Gasteiger partial charge on any atom is -0.321 e. The van der Waals surface area contributed by atoms with Gasteiger partial charge in [0.25, 0.3) is 15.9 Å². The normalized spacial score (nSPS) is 16.4. The molecule has 1 aliphatic heterocycles. The van der Waals surface area contributed by atoms with Crippen molar-refractivity contribution in [2.45, 2.75) is 31.6 Å². The molecular formula is C22H25ClFN3O3S. The van der Waals surface area contributed by atoms with Crippen LogP contribution in [0.15, 0.2) is 45.7 Å². The lowest BCUT2D eigenvalue weighted by Gasteiger charge is -2.28. The second-order valence-corrected chi connectivity index (χ2v) is 9.74. The molecule has 2 aromatic rings. The predicted octanol–water partition coefficient (Wildman–Crippen LogP) is 4.53. The molecule has 6 nitrogen and oxygen atoms in total. The second kappa shape index (κ2) is 9.46. The Morgan fingerprint density at radius 3 is 2.48 bits per heavy atom. The van der Waals surface area contributed by atoms with Crippen molar-refractivity contribution < 1.29 is 17.6 Å². The Balaban J connectivity index is 1.85. The Kier molecular flexibility index (Phi) is 7.13. The molecule has 9 heteroatoms. The van der Waals surface area contributed by atoms with Crippen molar-refractivity contribution in [3.05, 3.63) is 58.4 Å². The van der Waals surface area contributed by atoms with Gasteiger partial charge in [0.05, 0.1) is 5.69 Å². The van der Waals surface area contributed by atoms with E-state index in [0.29, 0.717) is 11.3 Å². The summed E-state index contributed by atoms with van der Waals surface area (Å²) in [6, 6.07) is 9.27. The van der Waals surface area contributed by atoms with Gasteiger partial charge in [-0.25, -0.2) is 4.39 Å². The van der Waals surface area contributed by atoms with Crippen LogP contribution in [0.2, 0.25) is 5.02 Å². The average Bonchev–Trinajstić information content (AvgIpc) is 2.71. The fourth-order valence-electron chi connectivity index (χ4n) is 3.58. The molecule has 2 aromatic carbocycles. The molecule has 3 rings (SSSR count). The number of anilines is 1. The summed E-state index contributed by atoms with van der Waals surface area (Å²) < 4.78 is 44.2. The first-order valence-electron chi connectivity index (χ1n) is 9.95. The van der Waals surface area contributed by atoms with Gasteiger partial charge >= 0.3 is 0 Å². The Morgan fingerprint density at radius 1 is 1.19 bits per heavy atom. The van der Waals surface area contributed by atoms with E-state index in [9.17, 15) is 17.6 Å². The summed E-state index contributed by atoms with van der Waals surface area (Å²) in [7, 11) is -2.27. The van der Waals surface area contributed by atoms with Crippen LogP contribution in [0, 0.1) is 18.7 Å². The molecule has 1 fully saturated rings. The van der Waals surface area contributed by atoms with Crippen molar-refractivity contribution in [3.8, 4) is 0 Å². The molecular weight excluding hydrogens is 441 g/mol. The molecule has 166 valence electrons. The maximum absolute atomic E-state index is 14.9. The van der Waals surface area contributed by atoms with Gasteiger partial charge in [0.15, 0.2) is 5.82 Å². The van der Waals surface area contributed by atoms with Gasteiger partial charge < -0.3 is 10.2 Å². The van der Waals surface area contributed by atoms with Gasteiger partial charge in [-0.2, -0.15) is 12.8 Å². The topological polar surface area (TPSA) is 78.8 Å². The van der Waals surface area contributed by atoms with Crippen LogP contribution in [0.3, 0.4) is 0 Å². The SMILES string of the molecule is C/C(=N/S(=O)(=O)c1ccc(NC(=O)c2ccccc2C)c(Cl)c1F)C1CCN(C)CC1. The van der Waals surface area contributed by atoms with E-state index in [4.69, 9.17) is 11.6 Å². The number of carbonyl (C=O) groups excluding carboxylic acids is 1. The first-order valence-corrected chi connectivity index (χ1v) is 11.8. The maximum atomic E-state index is 14.9. The standard InChI is InChI=1S/C22H25ClFN3O3S/c1-14-6-4-5-7-17(14)22(28)25-18-8-9-19(21(24)20(18)23)31(29,30)26-15(2)16-10-12-27(3)13-11-16/h4-9,16H,10-13H2,1-3H3,(H,25,28)/b26-15-. The van der Waals surface area contributed by atoms with Gasteiger partial charge in [-0.3, -0.25) is 4.79 Å². The van der Waals surface area contributed by atoms with E-state index in [2.05, 4.69) is 14.6 Å². The highest BCUT2D eigenvalue weighted by atomic mass is 35.5. The highest BCUT2D eigenvalue weighted by Crippen LogP contribution is 2.32. The first-order chi connectivity index (χ1) is 14.6. The molecule has 0 bridgehead atoms. The number of likely N-dealkylation sites (tertiary alicyclic amines) is 1. The first kappa shape index (κ1) is 23.4. The van der Waals surface area contributed by atoms with E-state index in [-0.39, 0.29) is 11.6 Å². The number of carbonyl (C=O) groups is 1. The second-order valence-electron chi connectivity index (χ2n) is 7.79. The highest BCUT2D eigenvalue weighted by Gasteiger charge is 2.26. The number of sulfonamides is 1. The minimum absolute atomic E-state index is 0.0117. The summed E-state index contributed by atoms with van der Waals surface area (Å²) in [4.78, 5) is 14.0. The van der Waals surface area contributed by atoms with E-state index in [0.717, 1.165) is 37.6 Å². The number of amides is 1. The molecule has 1 amide bonds. The summed E-state index contributed by atoms with van der Waals surface area (Å²) in [6.07, 6.45) is 1.60. The largest absolute Gasteiger partial charge is 0.321 e. The van der Waals surface area contributed by atoms with Crippen LogP contribution in [-0.2, 0) is 10.0 Å². The number of piperidine rings is 1. The molecule has 0 aromatic heterocycles. The zero-order valence-corrected chi connectivity index (χ0v) is 19.2. The Morgan fingerprint density at radius 2 is 1.84 bits per heavy atom. The number of rotatable bonds is 5. The van der Waals surface area contributed by atoms with Gasteiger partial charge in [0.1, 0.15) is 9.92 Å². The molecule has 0 radical (unpaired) electrons. The predicted molar refractivity (Wildman–Crippen MR) is 121 cm³/mol. The van der Waals surface area contributed by atoms with Crippen molar-refractivity contribution in [3.63, 3.8) is 0 Å². The average molecular weight is 466 g/mol. The van der Waals surface area contributed by atoms with Crippen LogP contribution >= 0.6 is 11.6 Å². The van der Waals surface area contributed by atoms with E-state index in [1.165, 1.54) is 6.07 Å². The molecule has 1 heterocycles. The third-order valence-corrected chi connectivity index (χ3v) is 7.31. The summed E-state index contributed by atoms with van der Waals surface area (Å²) in [5.41, 5.74) is 1.60. The van der Waals surface area contributed by atoms with E-state index in [1.807, 2.05) is 7.05 Å². The zero-order valence-electron chi connectivity index (χ0n) is 17.7. The minimum atomic E-state index is -4.28. The molecule has 0 unspecified atom stereocenters. The Hall–Kier alpha value is -2.29. The van der Waals surface area contributed by atoms with Crippen LogP contribution in [-0.4, -0.2) is 45.1 Å². The van der Waals surface area contributed by atoms with Crippen molar-refractivity contribution in [1.82, 2.24) is 4.90 Å². The summed E-state index contributed by atoms with van der Waals surface area (Å²) in [6.45, 7) is 5.14. The number of aryl methyl sites for hydroxylation is 1. The van der Waals surface area contributed by atoms with Crippen molar-refractivity contribution >= 4 is 38.9 Å². The molecule has 1 aliphatic rings. The van der Waals surface area contributed by atoms with Crippen LogP contribution in [0.4, 0.5) is 10.1 Å². The van der Waals surface area contributed by atoms with Gasteiger partial charge in [0, 0.05) is 17.2 Å². The molecule has 0 atom stereocenters. The number of nitrogens with one attached hydrogen (secondary N) is 1. The van der Waals surface area contributed by atoms with Crippen LogP contribution in [0.25, 0.3) is 0 Å². The summed E-state index contributed by atoms with van der Waals surface area (Å²) in [5, 5.41) is 2.06. The summed E-state index contributed by atoms with van der Waals surface area (Å²) in [5.74, 6) is -1.56. The number of hydrogen-bond donors (Lipinski definition) is 1. The number of hydrogen-bond acceptors (Lipinski definition) is 4. The molecule has 1 N–H and O–H groups in total. The number of halogens is 2. The lowest BCUT2D eigenvalue weighted by Crippen LogP contribution is -2.33. The summed E-state index contributed by atoms with van der Waals surface area (Å²) >= 11 is 6.07. The Labute approximate surface area is 187 Å². The fourth-order valence-corrected chi connectivity index (χ4v) is 5.05. The van der Waals surface area contributed by atoms with Crippen LogP contribution in [0.1, 0.15) is 35.7 Å². The van der Waals surface area contributed by atoms with Gasteiger partial charge in [-0.05, 0) is 70.6 Å². The lowest BCUT2D eigenvalue weighted by atomic mass is 9.93. The molecule has 0 saturated carbocycles. The van der Waals surface area contributed by atoms with Crippen LogP contribution in [0.5, 0.6) is 0 Å². The third-order valence-electron chi connectivity index (χ3n) is 5.54. The fraction of sp³-hybridized carbons (Fsp3) is 0.364. The molecule has 31 heavy (non-hydrogen) atoms. The van der Waals surface area contributed by atoms with Crippen molar-refractivity contribution in [1.29, 1.82) is 0 Å². The van der Waals surface area contributed by atoms with E-state index in [1.54, 1.807) is 38.1 Å². The lowest BCUT2D eigenvalue weighted by molar-refractivity contribution is 0.102. The quantitative estimate of drug-likeness (QED) is 0.658. The zero-order chi connectivity index (χ0) is 22.8. The van der Waals surface area contributed by atoms with Gasteiger partial charge in [0.2, 0.25) is 0 Å². The van der Waals surface area contributed by atoms with Crippen LogP contribution < -0.4 is 5.32 Å². The van der Waals surface area contributed by atoms with Crippen molar-refractivity contribution in [2.75, 3.05) is 25.5 Å². The van der Waals surface area contributed by atoms with E-state index < -0.39 is 31.7 Å². The monoisotopic (exact) mass is 465 g/mol. The maximum Gasteiger partial charge on any atom is 0.285 e. The molecule has 0 aliphatic carbocycles. The number of nitrogens with zero attached hydrogens (tertiary/aromatic N) is 2. The highest BCUT2D eigenvalue weighted by molar-refractivity contribution is 7.90. The third kappa shape index (κ3) is 5.31. The number of benzene rings is 2. The Bertz CT molecular complexity index is 1130. The van der Waals surface area contributed by atoms with Gasteiger partial charge in [-0.1, -0.05) is 29.8 Å². The smallest absolute Gasteiger partial charge is 0.285 e. The van der Waals surface area contributed by atoms with Crippen molar-refractivity contribution in [2.24, 2.45) is 10.3 Å².